The molecule has 7 N–H and O–H groups in total. The first-order chi connectivity index (χ1) is 12.6. The quantitative estimate of drug-likeness (QED) is 0.236. The molecule has 4 atom stereocenters. The fraction of sp³-hybridized carbons (Fsp3) is 0.667. The van der Waals surface area contributed by atoms with Crippen molar-refractivity contribution in [2.45, 2.75) is 50.4 Å². The number of aliphatic hydroxyl groups excluding tert-OH is 1. The average Bonchev–Trinajstić information content (AvgIpc) is 3.08. The Morgan fingerprint density at radius 3 is 2.33 bits per heavy atom. The Hall–Kier alpha value is -2.73. The molecule has 1 saturated heterocycles. The molecule has 0 aliphatic carbocycles. The summed E-state index contributed by atoms with van der Waals surface area (Å²) in [5.41, 5.74) is 5.49. The molecule has 152 valence electrons. The smallest absolute Gasteiger partial charge is 0.326 e. The molecule has 0 aromatic heterocycles. The number of hydrogen-bond acceptors (Lipinski definition) is 7. The summed E-state index contributed by atoms with van der Waals surface area (Å²) < 4.78 is 0. The molecule has 1 aliphatic rings. The van der Waals surface area contributed by atoms with Crippen molar-refractivity contribution in [2.24, 2.45) is 5.73 Å². The van der Waals surface area contributed by atoms with E-state index in [2.05, 4.69) is 5.32 Å². The van der Waals surface area contributed by atoms with Crippen molar-refractivity contribution in [1.82, 2.24) is 15.5 Å². The summed E-state index contributed by atoms with van der Waals surface area (Å²) in [6.45, 7) is 1.01. The highest BCUT2D eigenvalue weighted by molar-refractivity contribution is 5.94. The van der Waals surface area contributed by atoms with Gasteiger partial charge in [0.1, 0.15) is 24.2 Å². The third-order valence-corrected chi connectivity index (χ3v) is 4.10. The van der Waals surface area contributed by atoms with Gasteiger partial charge in [-0.15, -0.1) is 0 Å². The van der Waals surface area contributed by atoms with Crippen molar-refractivity contribution >= 4 is 29.7 Å². The minimum atomic E-state index is -1.64. The molecule has 12 heteroatoms. The Morgan fingerprint density at radius 2 is 1.81 bits per heavy atom. The van der Waals surface area contributed by atoms with Crippen LogP contribution in [-0.4, -0.2) is 87.2 Å². The summed E-state index contributed by atoms with van der Waals surface area (Å²) in [7, 11) is 0. The van der Waals surface area contributed by atoms with Gasteiger partial charge in [0.2, 0.25) is 17.7 Å². The largest absolute Gasteiger partial charge is 0.481 e. The van der Waals surface area contributed by atoms with Crippen LogP contribution in [0.15, 0.2) is 0 Å². The van der Waals surface area contributed by atoms with Crippen LogP contribution < -0.4 is 16.4 Å². The zero-order valence-electron chi connectivity index (χ0n) is 14.8. The van der Waals surface area contributed by atoms with Crippen LogP contribution in [0.5, 0.6) is 0 Å². The van der Waals surface area contributed by atoms with Crippen molar-refractivity contribution in [2.75, 3.05) is 13.2 Å². The molecule has 0 aromatic carbocycles. The van der Waals surface area contributed by atoms with E-state index in [4.69, 9.17) is 21.1 Å². The first-order valence-electron chi connectivity index (χ1n) is 8.30. The number of carbonyl (C=O) groups excluding carboxylic acids is 3. The van der Waals surface area contributed by atoms with Crippen molar-refractivity contribution in [3.63, 3.8) is 0 Å². The van der Waals surface area contributed by atoms with Crippen molar-refractivity contribution in [1.29, 1.82) is 0 Å². The van der Waals surface area contributed by atoms with Crippen molar-refractivity contribution in [3.8, 4) is 0 Å². The van der Waals surface area contributed by atoms with Gasteiger partial charge in [0.05, 0.1) is 13.0 Å². The molecule has 0 saturated carbocycles. The Bertz CT molecular complexity index is 611. The molecular weight excluding hydrogens is 364 g/mol. The van der Waals surface area contributed by atoms with Gasteiger partial charge in [-0.05, 0) is 19.8 Å². The first-order valence-corrected chi connectivity index (χ1v) is 8.30. The van der Waals surface area contributed by atoms with Crippen LogP contribution in [0.4, 0.5) is 0 Å². The van der Waals surface area contributed by atoms with E-state index in [0.29, 0.717) is 12.8 Å². The van der Waals surface area contributed by atoms with Gasteiger partial charge in [0.15, 0.2) is 0 Å². The number of hydrogen-bond donors (Lipinski definition) is 6. The topological polar surface area (TPSA) is 199 Å². The second kappa shape index (κ2) is 9.83. The molecule has 1 fully saturated rings. The Morgan fingerprint density at radius 1 is 1.19 bits per heavy atom. The lowest BCUT2D eigenvalue weighted by atomic mass is 10.1. The Labute approximate surface area is 154 Å². The minimum absolute atomic E-state index is 0.283. The van der Waals surface area contributed by atoms with E-state index in [-0.39, 0.29) is 6.54 Å². The number of amides is 3. The van der Waals surface area contributed by atoms with E-state index in [1.807, 2.05) is 5.32 Å². The summed E-state index contributed by atoms with van der Waals surface area (Å²) in [4.78, 5) is 59.4. The molecule has 4 unspecified atom stereocenters. The lowest BCUT2D eigenvalue weighted by Crippen LogP contribution is -2.56. The Balaban J connectivity index is 2.69. The van der Waals surface area contributed by atoms with Gasteiger partial charge in [-0.2, -0.15) is 0 Å². The normalized spacial score (nSPS) is 19.7. The van der Waals surface area contributed by atoms with Gasteiger partial charge in [-0.25, -0.2) is 4.79 Å². The maximum Gasteiger partial charge on any atom is 0.326 e. The molecule has 1 rings (SSSR count). The van der Waals surface area contributed by atoms with Gasteiger partial charge in [0.25, 0.3) is 0 Å². The SMILES string of the molecule is CC(NC(=O)C1CCCN1C(=O)C(N)CO)C(=O)NC(CC(=O)O)C(=O)O. The number of nitrogens with two attached hydrogens (primary N) is 1. The second-order valence-corrected chi connectivity index (χ2v) is 6.21. The van der Waals surface area contributed by atoms with Crippen LogP contribution in [0, 0.1) is 0 Å². The third-order valence-electron chi connectivity index (χ3n) is 4.10. The van der Waals surface area contributed by atoms with Crippen LogP contribution in [0.1, 0.15) is 26.2 Å². The molecule has 0 spiro atoms. The standard InChI is InChI=1S/C15H24N4O8/c1-7(12(23)18-9(15(26)27)5-11(21)22)17-13(24)10-3-2-4-19(10)14(25)8(16)6-20/h7-10,20H,2-6,16H2,1H3,(H,17,24)(H,18,23)(H,21,22)(H,26,27). The number of nitrogens with one attached hydrogen (secondary N) is 2. The number of carboxylic acids is 2. The van der Waals surface area contributed by atoms with E-state index in [1.165, 1.54) is 11.8 Å². The van der Waals surface area contributed by atoms with Gasteiger partial charge >= 0.3 is 11.9 Å². The fourth-order valence-electron chi connectivity index (χ4n) is 2.64. The van der Waals surface area contributed by atoms with E-state index in [0.717, 1.165) is 0 Å². The highest BCUT2D eigenvalue weighted by Gasteiger charge is 2.37. The summed E-state index contributed by atoms with van der Waals surface area (Å²) in [6.07, 6.45) is 0.0781. The molecule has 0 radical (unpaired) electrons. The highest BCUT2D eigenvalue weighted by atomic mass is 16.4. The van der Waals surface area contributed by atoms with E-state index in [9.17, 15) is 24.0 Å². The summed E-state index contributed by atoms with van der Waals surface area (Å²) >= 11 is 0. The maximum absolute atomic E-state index is 12.4. The van der Waals surface area contributed by atoms with E-state index in [1.54, 1.807) is 0 Å². The summed E-state index contributed by atoms with van der Waals surface area (Å²) in [5.74, 6) is -5.01. The highest BCUT2D eigenvalue weighted by Crippen LogP contribution is 2.18. The second-order valence-electron chi connectivity index (χ2n) is 6.21. The molecule has 1 aliphatic heterocycles. The lowest BCUT2D eigenvalue weighted by molar-refractivity contribution is -0.147. The molecule has 27 heavy (non-hydrogen) atoms. The van der Waals surface area contributed by atoms with Gasteiger partial charge in [0, 0.05) is 6.54 Å². The summed E-state index contributed by atoms with van der Waals surface area (Å²) in [6, 6.07) is -4.80. The zero-order valence-corrected chi connectivity index (χ0v) is 14.8. The predicted molar refractivity (Wildman–Crippen MR) is 89.2 cm³/mol. The number of rotatable bonds is 9. The van der Waals surface area contributed by atoms with Crippen LogP contribution >= 0.6 is 0 Å². The van der Waals surface area contributed by atoms with E-state index < -0.39 is 66.9 Å². The molecule has 1 heterocycles. The van der Waals surface area contributed by atoms with Crippen LogP contribution in [0.3, 0.4) is 0 Å². The average molecular weight is 388 g/mol. The van der Waals surface area contributed by atoms with Crippen molar-refractivity contribution < 1.29 is 39.3 Å². The predicted octanol–water partition coefficient (Wildman–Crippen LogP) is -3.15. The monoisotopic (exact) mass is 388 g/mol. The number of aliphatic carboxylic acids is 2. The van der Waals surface area contributed by atoms with Crippen LogP contribution in [0.2, 0.25) is 0 Å². The molecule has 0 bridgehead atoms. The van der Waals surface area contributed by atoms with Crippen LogP contribution in [-0.2, 0) is 24.0 Å². The number of likely N-dealkylation sites (tertiary alicyclic amines) is 1. The maximum atomic E-state index is 12.4. The van der Waals surface area contributed by atoms with E-state index >= 15 is 0 Å². The molecular formula is C15H24N4O8. The zero-order chi connectivity index (χ0) is 20.7. The van der Waals surface area contributed by atoms with Gasteiger partial charge < -0.3 is 36.6 Å². The lowest BCUT2D eigenvalue weighted by Gasteiger charge is -2.27. The third kappa shape index (κ3) is 6.18. The number of nitrogens with zero attached hydrogens (tertiary/aromatic N) is 1. The molecule has 3 amide bonds. The van der Waals surface area contributed by atoms with Gasteiger partial charge in [-0.3, -0.25) is 19.2 Å². The minimum Gasteiger partial charge on any atom is -0.481 e. The van der Waals surface area contributed by atoms with Crippen LogP contribution in [0.25, 0.3) is 0 Å². The summed E-state index contributed by atoms with van der Waals surface area (Å²) in [5, 5.41) is 31.0. The number of aliphatic hydroxyl groups is 1. The van der Waals surface area contributed by atoms with Crippen molar-refractivity contribution in [3.05, 3.63) is 0 Å². The Kier molecular flexibility index (Phi) is 8.12. The van der Waals surface area contributed by atoms with Gasteiger partial charge in [-0.1, -0.05) is 0 Å². The molecule has 0 aromatic rings. The number of carbonyl (C=O) groups is 5. The fourth-order valence-corrected chi connectivity index (χ4v) is 2.64. The number of carboxylic acid groups (broad SMARTS) is 2. The molecule has 12 nitrogen and oxygen atoms in total. The first kappa shape index (κ1) is 22.3.